The zero-order valence-electron chi connectivity index (χ0n) is 9.90. The molecule has 7 heteroatoms. The standard InChI is InChI=1S/C12H10F3N3O/c1-8-6-7-16-11(17-8)18-9-2-4-10(5-3-9)19-12(13,14)15/h2-7H,1H3,(H,16,17,18). The number of anilines is 2. The predicted octanol–water partition coefficient (Wildman–Crippen LogP) is 3.43. The summed E-state index contributed by atoms with van der Waals surface area (Å²) in [6, 6.07) is 7.07. The molecule has 0 radical (unpaired) electrons. The molecule has 100 valence electrons. The normalized spacial score (nSPS) is 11.2. The number of aromatic nitrogens is 2. The highest BCUT2D eigenvalue weighted by Gasteiger charge is 2.30. The van der Waals surface area contributed by atoms with Crippen molar-refractivity contribution in [1.82, 2.24) is 9.97 Å². The van der Waals surface area contributed by atoms with Crippen LogP contribution in [0.3, 0.4) is 0 Å². The molecular formula is C12H10F3N3O. The Hall–Kier alpha value is -2.31. The molecule has 1 heterocycles. The minimum atomic E-state index is -4.69. The maximum atomic E-state index is 12.0. The van der Waals surface area contributed by atoms with Gasteiger partial charge in [-0.3, -0.25) is 0 Å². The van der Waals surface area contributed by atoms with Crippen molar-refractivity contribution in [2.45, 2.75) is 13.3 Å². The number of hydrogen-bond donors (Lipinski definition) is 1. The Morgan fingerprint density at radius 2 is 1.79 bits per heavy atom. The van der Waals surface area contributed by atoms with E-state index in [4.69, 9.17) is 0 Å². The fraction of sp³-hybridized carbons (Fsp3) is 0.167. The van der Waals surface area contributed by atoms with Gasteiger partial charge < -0.3 is 10.1 Å². The summed E-state index contributed by atoms with van der Waals surface area (Å²) in [4.78, 5) is 8.10. The quantitative estimate of drug-likeness (QED) is 0.927. The molecule has 2 aromatic rings. The Morgan fingerprint density at radius 3 is 2.37 bits per heavy atom. The number of benzene rings is 1. The number of nitrogens with zero attached hydrogens (tertiary/aromatic N) is 2. The molecule has 0 saturated heterocycles. The van der Waals surface area contributed by atoms with Crippen molar-refractivity contribution in [3.63, 3.8) is 0 Å². The molecule has 19 heavy (non-hydrogen) atoms. The lowest BCUT2D eigenvalue weighted by Crippen LogP contribution is -2.16. The van der Waals surface area contributed by atoms with E-state index in [1.807, 2.05) is 6.92 Å². The van der Waals surface area contributed by atoms with Crippen molar-refractivity contribution in [3.05, 3.63) is 42.2 Å². The molecule has 0 fully saturated rings. The second kappa shape index (κ2) is 5.13. The Kier molecular flexibility index (Phi) is 3.55. The van der Waals surface area contributed by atoms with E-state index in [-0.39, 0.29) is 5.75 Å². The third-order valence-corrected chi connectivity index (χ3v) is 2.14. The minimum absolute atomic E-state index is 0.275. The van der Waals surface area contributed by atoms with Gasteiger partial charge in [0.05, 0.1) is 0 Å². The first-order chi connectivity index (χ1) is 8.92. The Bertz CT molecular complexity index is 555. The number of ether oxygens (including phenoxy) is 1. The summed E-state index contributed by atoms with van der Waals surface area (Å²) in [7, 11) is 0. The summed E-state index contributed by atoms with van der Waals surface area (Å²) in [6.45, 7) is 1.81. The van der Waals surface area contributed by atoms with Crippen LogP contribution in [0.4, 0.5) is 24.8 Å². The second-order valence-electron chi connectivity index (χ2n) is 3.72. The lowest BCUT2D eigenvalue weighted by atomic mass is 10.3. The second-order valence-corrected chi connectivity index (χ2v) is 3.72. The van der Waals surface area contributed by atoms with E-state index in [9.17, 15) is 13.2 Å². The molecule has 0 aliphatic carbocycles. The number of halogens is 3. The fourth-order valence-corrected chi connectivity index (χ4v) is 1.38. The highest BCUT2D eigenvalue weighted by Crippen LogP contribution is 2.24. The van der Waals surface area contributed by atoms with E-state index in [1.54, 1.807) is 12.3 Å². The van der Waals surface area contributed by atoms with Crippen LogP contribution in [0.2, 0.25) is 0 Å². The minimum Gasteiger partial charge on any atom is -0.406 e. The van der Waals surface area contributed by atoms with Crippen molar-refractivity contribution >= 4 is 11.6 Å². The molecule has 0 bridgehead atoms. The molecule has 0 spiro atoms. The van der Waals surface area contributed by atoms with Gasteiger partial charge in [0.15, 0.2) is 0 Å². The first kappa shape index (κ1) is 13.1. The van der Waals surface area contributed by atoms with Crippen molar-refractivity contribution in [2.24, 2.45) is 0 Å². The van der Waals surface area contributed by atoms with Crippen LogP contribution in [0.25, 0.3) is 0 Å². The SMILES string of the molecule is Cc1ccnc(Nc2ccc(OC(F)(F)F)cc2)n1. The molecule has 1 aromatic heterocycles. The zero-order valence-corrected chi connectivity index (χ0v) is 9.90. The summed E-state index contributed by atoms with van der Waals surface area (Å²) >= 11 is 0. The predicted molar refractivity (Wildman–Crippen MR) is 63.2 cm³/mol. The van der Waals surface area contributed by atoms with Crippen LogP contribution in [-0.2, 0) is 0 Å². The van der Waals surface area contributed by atoms with Crippen molar-refractivity contribution in [1.29, 1.82) is 0 Å². The van der Waals surface area contributed by atoms with Gasteiger partial charge in [-0.05, 0) is 37.3 Å². The Balaban J connectivity index is 2.07. The van der Waals surface area contributed by atoms with Gasteiger partial charge in [0.2, 0.25) is 5.95 Å². The van der Waals surface area contributed by atoms with Crippen LogP contribution in [0.15, 0.2) is 36.5 Å². The molecule has 0 aliphatic heterocycles. The molecule has 0 aliphatic rings. The van der Waals surface area contributed by atoms with Gasteiger partial charge in [0.1, 0.15) is 5.75 Å². The van der Waals surface area contributed by atoms with Crippen LogP contribution >= 0.6 is 0 Å². The topological polar surface area (TPSA) is 47.0 Å². The third-order valence-electron chi connectivity index (χ3n) is 2.14. The van der Waals surface area contributed by atoms with Gasteiger partial charge in [0.25, 0.3) is 0 Å². The van der Waals surface area contributed by atoms with Crippen molar-refractivity contribution in [3.8, 4) is 5.75 Å². The highest BCUT2D eigenvalue weighted by atomic mass is 19.4. The summed E-state index contributed by atoms with van der Waals surface area (Å²) in [5, 5.41) is 2.88. The first-order valence-corrected chi connectivity index (χ1v) is 5.35. The van der Waals surface area contributed by atoms with E-state index in [0.29, 0.717) is 11.6 Å². The van der Waals surface area contributed by atoms with E-state index in [0.717, 1.165) is 5.69 Å². The fourth-order valence-electron chi connectivity index (χ4n) is 1.38. The zero-order chi connectivity index (χ0) is 13.9. The van der Waals surface area contributed by atoms with Gasteiger partial charge in [-0.2, -0.15) is 0 Å². The third kappa shape index (κ3) is 4.13. The van der Waals surface area contributed by atoms with Gasteiger partial charge in [0, 0.05) is 17.6 Å². The Morgan fingerprint density at radius 1 is 1.11 bits per heavy atom. The maximum absolute atomic E-state index is 12.0. The lowest BCUT2D eigenvalue weighted by molar-refractivity contribution is -0.274. The number of alkyl halides is 3. The molecule has 1 N–H and O–H groups in total. The molecule has 4 nitrogen and oxygen atoms in total. The molecule has 2 rings (SSSR count). The average molecular weight is 269 g/mol. The van der Waals surface area contributed by atoms with Crippen LogP contribution < -0.4 is 10.1 Å². The van der Waals surface area contributed by atoms with Crippen LogP contribution in [-0.4, -0.2) is 16.3 Å². The number of nitrogens with one attached hydrogen (secondary N) is 1. The lowest BCUT2D eigenvalue weighted by Gasteiger charge is -2.09. The van der Waals surface area contributed by atoms with Gasteiger partial charge >= 0.3 is 6.36 Å². The number of rotatable bonds is 3. The van der Waals surface area contributed by atoms with Crippen molar-refractivity contribution in [2.75, 3.05) is 5.32 Å². The van der Waals surface area contributed by atoms with E-state index in [2.05, 4.69) is 20.0 Å². The number of hydrogen-bond acceptors (Lipinski definition) is 4. The van der Waals surface area contributed by atoms with Crippen LogP contribution in [0.5, 0.6) is 5.75 Å². The monoisotopic (exact) mass is 269 g/mol. The summed E-state index contributed by atoms with van der Waals surface area (Å²) in [6.07, 6.45) is -3.10. The first-order valence-electron chi connectivity index (χ1n) is 5.35. The van der Waals surface area contributed by atoms with E-state index >= 15 is 0 Å². The number of aryl methyl sites for hydroxylation is 1. The maximum Gasteiger partial charge on any atom is 0.573 e. The molecule has 0 unspecified atom stereocenters. The smallest absolute Gasteiger partial charge is 0.406 e. The summed E-state index contributed by atoms with van der Waals surface area (Å²) in [5.41, 5.74) is 1.36. The summed E-state index contributed by atoms with van der Waals surface area (Å²) in [5.74, 6) is 0.104. The van der Waals surface area contributed by atoms with Gasteiger partial charge in [-0.25, -0.2) is 9.97 Å². The molecular weight excluding hydrogens is 259 g/mol. The molecule has 0 atom stereocenters. The van der Waals surface area contributed by atoms with Crippen LogP contribution in [0, 0.1) is 6.92 Å². The van der Waals surface area contributed by atoms with Gasteiger partial charge in [-0.15, -0.1) is 13.2 Å². The van der Waals surface area contributed by atoms with Crippen molar-refractivity contribution < 1.29 is 17.9 Å². The van der Waals surface area contributed by atoms with Crippen LogP contribution in [0.1, 0.15) is 5.69 Å². The largest absolute Gasteiger partial charge is 0.573 e. The Labute approximate surface area is 107 Å². The molecule has 0 amide bonds. The summed E-state index contributed by atoms with van der Waals surface area (Å²) < 4.78 is 39.7. The molecule has 1 aromatic carbocycles. The molecule has 0 saturated carbocycles. The van der Waals surface area contributed by atoms with Gasteiger partial charge in [-0.1, -0.05) is 0 Å². The average Bonchev–Trinajstić information content (AvgIpc) is 2.30. The van der Waals surface area contributed by atoms with E-state index < -0.39 is 6.36 Å². The highest BCUT2D eigenvalue weighted by molar-refractivity contribution is 5.54. The van der Waals surface area contributed by atoms with E-state index in [1.165, 1.54) is 24.3 Å².